The maximum Gasteiger partial charge on any atom is 0.220 e. The predicted octanol–water partition coefficient (Wildman–Crippen LogP) is 3.05. The van der Waals surface area contributed by atoms with Gasteiger partial charge in [-0.05, 0) is 55.2 Å². The molecule has 1 heterocycles. The zero-order chi connectivity index (χ0) is 17.6. The van der Waals surface area contributed by atoms with E-state index in [1.165, 1.54) is 37.1 Å². The summed E-state index contributed by atoms with van der Waals surface area (Å²) in [6, 6.07) is 8.90. The van der Waals surface area contributed by atoms with Crippen LogP contribution in [0.5, 0.6) is 0 Å². The van der Waals surface area contributed by atoms with Crippen LogP contribution in [0.25, 0.3) is 0 Å². The molecule has 1 saturated carbocycles. The van der Waals surface area contributed by atoms with Crippen LogP contribution in [-0.2, 0) is 17.9 Å². The number of nitrogens with zero attached hydrogens (tertiary/aromatic N) is 1. The second kappa shape index (κ2) is 8.81. The van der Waals surface area contributed by atoms with Gasteiger partial charge in [-0.25, -0.2) is 0 Å². The molecule has 2 fully saturated rings. The van der Waals surface area contributed by atoms with E-state index in [4.69, 9.17) is 5.73 Å². The van der Waals surface area contributed by atoms with E-state index in [2.05, 4.69) is 41.4 Å². The van der Waals surface area contributed by atoms with E-state index in [1.807, 2.05) is 0 Å². The lowest BCUT2D eigenvalue weighted by atomic mass is 9.99. The average Bonchev–Trinajstić information content (AvgIpc) is 2.99. The number of rotatable bonds is 6. The highest BCUT2D eigenvalue weighted by Gasteiger charge is 2.25. The standard InChI is InChI=1S/C21H33N3O/c1-16-4-3-11-24(14-16)15-18-9-7-17(8-10-18)13-23-21(25)12-19-5-2-6-20(19)22/h7-10,16,19-20H,2-6,11-15,22H2,1H3,(H,23,25)/t16?,19-,20+/m0/s1. The quantitative estimate of drug-likeness (QED) is 0.835. The van der Waals surface area contributed by atoms with Gasteiger partial charge in [0.15, 0.2) is 0 Å². The van der Waals surface area contributed by atoms with Crippen LogP contribution >= 0.6 is 0 Å². The fraction of sp³-hybridized carbons (Fsp3) is 0.667. The van der Waals surface area contributed by atoms with Gasteiger partial charge in [-0.3, -0.25) is 9.69 Å². The summed E-state index contributed by atoms with van der Waals surface area (Å²) in [4.78, 5) is 14.7. The predicted molar refractivity (Wildman–Crippen MR) is 102 cm³/mol. The van der Waals surface area contributed by atoms with Gasteiger partial charge in [-0.1, -0.05) is 37.6 Å². The lowest BCUT2D eigenvalue weighted by Crippen LogP contribution is -2.33. The molecule has 1 aromatic carbocycles. The average molecular weight is 344 g/mol. The summed E-state index contributed by atoms with van der Waals surface area (Å²) in [5.74, 6) is 1.32. The highest BCUT2D eigenvalue weighted by Crippen LogP contribution is 2.26. The van der Waals surface area contributed by atoms with Gasteiger partial charge in [0.2, 0.25) is 5.91 Å². The molecular formula is C21H33N3O. The second-order valence-electron chi connectivity index (χ2n) is 8.13. The van der Waals surface area contributed by atoms with Gasteiger partial charge >= 0.3 is 0 Å². The van der Waals surface area contributed by atoms with Crippen molar-refractivity contribution in [1.29, 1.82) is 0 Å². The molecule has 1 unspecified atom stereocenters. The van der Waals surface area contributed by atoms with Crippen molar-refractivity contribution in [3.8, 4) is 0 Å². The number of nitrogens with one attached hydrogen (secondary N) is 1. The van der Waals surface area contributed by atoms with Gasteiger partial charge in [0.05, 0.1) is 0 Å². The van der Waals surface area contributed by atoms with E-state index in [0.717, 1.165) is 31.7 Å². The van der Waals surface area contributed by atoms with Crippen molar-refractivity contribution in [1.82, 2.24) is 10.2 Å². The van der Waals surface area contributed by atoms with E-state index >= 15 is 0 Å². The molecule has 0 spiro atoms. The minimum atomic E-state index is 0.133. The van der Waals surface area contributed by atoms with Gasteiger partial charge in [0.25, 0.3) is 0 Å². The monoisotopic (exact) mass is 343 g/mol. The maximum absolute atomic E-state index is 12.1. The summed E-state index contributed by atoms with van der Waals surface area (Å²) in [5, 5.41) is 3.05. The molecule has 4 nitrogen and oxygen atoms in total. The Labute approximate surface area is 152 Å². The Bertz CT molecular complexity index is 557. The van der Waals surface area contributed by atoms with Crippen molar-refractivity contribution >= 4 is 5.91 Å². The number of hydrogen-bond donors (Lipinski definition) is 2. The van der Waals surface area contributed by atoms with Crippen molar-refractivity contribution < 1.29 is 4.79 Å². The lowest BCUT2D eigenvalue weighted by molar-refractivity contribution is -0.122. The topological polar surface area (TPSA) is 58.4 Å². The molecule has 0 aromatic heterocycles. The molecule has 1 saturated heterocycles. The molecular weight excluding hydrogens is 310 g/mol. The number of carbonyl (C=O) groups excluding carboxylic acids is 1. The first-order valence-corrected chi connectivity index (χ1v) is 9.92. The number of hydrogen-bond acceptors (Lipinski definition) is 3. The largest absolute Gasteiger partial charge is 0.352 e. The van der Waals surface area contributed by atoms with Crippen molar-refractivity contribution in [2.45, 2.75) is 64.6 Å². The summed E-state index contributed by atoms with van der Waals surface area (Å²) in [6.45, 7) is 6.42. The van der Waals surface area contributed by atoms with E-state index in [9.17, 15) is 4.79 Å². The van der Waals surface area contributed by atoms with Gasteiger partial charge in [0.1, 0.15) is 0 Å². The molecule has 1 aliphatic heterocycles. The molecule has 1 aromatic rings. The molecule has 25 heavy (non-hydrogen) atoms. The SMILES string of the molecule is CC1CCCN(Cc2ccc(CNC(=O)C[C@@H]3CCC[C@H]3N)cc2)C1. The summed E-state index contributed by atoms with van der Waals surface area (Å²) >= 11 is 0. The van der Waals surface area contributed by atoms with Crippen LogP contribution in [0.15, 0.2) is 24.3 Å². The van der Waals surface area contributed by atoms with Gasteiger partial charge in [-0.15, -0.1) is 0 Å². The number of piperidine rings is 1. The third-order valence-electron chi connectivity index (χ3n) is 5.83. The molecule has 2 aliphatic rings. The molecule has 138 valence electrons. The van der Waals surface area contributed by atoms with Crippen LogP contribution in [0, 0.1) is 11.8 Å². The van der Waals surface area contributed by atoms with E-state index in [0.29, 0.717) is 18.9 Å². The molecule has 1 aliphatic carbocycles. The van der Waals surface area contributed by atoms with Crippen LogP contribution in [-0.4, -0.2) is 29.9 Å². The Morgan fingerprint density at radius 2 is 1.92 bits per heavy atom. The Balaban J connectivity index is 1.42. The number of benzene rings is 1. The third-order valence-corrected chi connectivity index (χ3v) is 5.83. The Morgan fingerprint density at radius 1 is 1.16 bits per heavy atom. The number of nitrogens with two attached hydrogens (primary N) is 1. The molecule has 3 rings (SSSR count). The van der Waals surface area contributed by atoms with Gasteiger partial charge in [-0.2, -0.15) is 0 Å². The van der Waals surface area contributed by atoms with Crippen LogP contribution < -0.4 is 11.1 Å². The Hall–Kier alpha value is -1.39. The summed E-state index contributed by atoms with van der Waals surface area (Å²) < 4.78 is 0. The highest BCUT2D eigenvalue weighted by atomic mass is 16.1. The van der Waals surface area contributed by atoms with E-state index in [-0.39, 0.29) is 11.9 Å². The number of amides is 1. The van der Waals surface area contributed by atoms with Gasteiger partial charge < -0.3 is 11.1 Å². The zero-order valence-electron chi connectivity index (χ0n) is 15.5. The van der Waals surface area contributed by atoms with Crippen LogP contribution in [0.3, 0.4) is 0 Å². The smallest absolute Gasteiger partial charge is 0.220 e. The van der Waals surface area contributed by atoms with Crippen molar-refractivity contribution in [3.05, 3.63) is 35.4 Å². The van der Waals surface area contributed by atoms with Crippen molar-refractivity contribution in [2.75, 3.05) is 13.1 Å². The first-order valence-electron chi connectivity index (χ1n) is 9.92. The maximum atomic E-state index is 12.1. The Morgan fingerprint density at radius 3 is 2.60 bits per heavy atom. The molecule has 3 N–H and O–H groups in total. The zero-order valence-corrected chi connectivity index (χ0v) is 15.5. The summed E-state index contributed by atoms with van der Waals surface area (Å²) in [6.07, 6.45) is 6.58. The fourth-order valence-corrected chi connectivity index (χ4v) is 4.28. The molecule has 3 atom stereocenters. The minimum Gasteiger partial charge on any atom is -0.352 e. The minimum absolute atomic E-state index is 0.133. The lowest BCUT2D eigenvalue weighted by Gasteiger charge is -2.30. The van der Waals surface area contributed by atoms with Crippen molar-refractivity contribution in [2.24, 2.45) is 17.6 Å². The van der Waals surface area contributed by atoms with Crippen LogP contribution in [0.2, 0.25) is 0 Å². The fourth-order valence-electron chi connectivity index (χ4n) is 4.28. The molecule has 4 heteroatoms. The van der Waals surface area contributed by atoms with Gasteiger partial charge in [0, 0.05) is 32.1 Å². The van der Waals surface area contributed by atoms with Crippen molar-refractivity contribution in [3.63, 3.8) is 0 Å². The normalized spacial score (nSPS) is 27.4. The highest BCUT2D eigenvalue weighted by molar-refractivity contribution is 5.76. The van der Waals surface area contributed by atoms with Crippen LogP contribution in [0.1, 0.15) is 56.6 Å². The molecule has 0 radical (unpaired) electrons. The van der Waals surface area contributed by atoms with E-state index < -0.39 is 0 Å². The first-order chi connectivity index (χ1) is 12.1. The molecule has 1 amide bonds. The summed E-state index contributed by atoms with van der Waals surface area (Å²) in [5.41, 5.74) is 8.58. The number of carbonyl (C=O) groups is 1. The van der Waals surface area contributed by atoms with E-state index in [1.54, 1.807) is 0 Å². The first kappa shape index (κ1) is 18.4. The second-order valence-corrected chi connectivity index (χ2v) is 8.13. The Kier molecular flexibility index (Phi) is 6.49. The summed E-state index contributed by atoms with van der Waals surface area (Å²) in [7, 11) is 0. The van der Waals surface area contributed by atoms with Crippen LogP contribution in [0.4, 0.5) is 0 Å². The third kappa shape index (κ3) is 5.55. The molecule has 0 bridgehead atoms. The number of likely N-dealkylation sites (tertiary alicyclic amines) is 1.